The Morgan fingerprint density at radius 1 is 1.10 bits per heavy atom. The number of rotatable bonds is 2. The van der Waals surface area contributed by atoms with Crippen molar-refractivity contribution in [3.63, 3.8) is 0 Å². The van der Waals surface area contributed by atoms with Gasteiger partial charge >= 0.3 is 0 Å². The van der Waals surface area contributed by atoms with E-state index in [4.69, 9.17) is 15.2 Å². The van der Waals surface area contributed by atoms with Crippen molar-refractivity contribution in [2.75, 3.05) is 26.3 Å². The van der Waals surface area contributed by atoms with E-state index in [0.717, 1.165) is 0 Å². The van der Waals surface area contributed by atoms with Crippen LogP contribution in [0.25, 0.3) is 0 Å². The van der Waals surface area contributed by atoms with Crippen molar-refractivity contribution in [3.8, 4) is 0 Å². The molecule has 2 saturated heterocycles. The van der Waals surface area contributed by atoms with Crippen molar-refractivity contribution in [3.05, 3.63) is 0 Å². The third-order valence-electron chi connectivity index (χ3n) is 4.18. The first-order valence-electron chi connectivity index (χ1n) is 7.10. The lowest BCUT2D eigenvalue weighted by molar-refractivity contribution is -0.279. The Kier molecular flexibility index (Phi) is 4.07. The van der Waals surface area contributed by atoms with Gasteiger partial charge in [-0.3, -0.25) is 9.59 Å². The monoisotopic (exact) mass is 284 g/mol. The summed E-state index contributed by atoms with van der Waals surface area (Å²) in [6, 6.07) is 0. The highest BCUT2D eigenvalue weighted by molar-refractivity contribution is 5.83. The highest BCUT2D eigenvalue weighted by Gasteiger charge is 2.44. The molecule has 0 atom stereocenters. The quantitative estimate of drug-likeness (QED) is 0.800. The number of nitrogens with two attached hydrogens (primary N) is 1. The molecule has 2 heterocycles. The molecule has 2 aliphatic heterocycles. The summed E-state index contributed by atoms with van der Waals surface area (Å²) in [5, 5.41) is 0. The number of primary amides is 1. The molecule has 0 aliphatic carbocycles. The fourth-order valence-corrected chi connectivity index (χ4v) is 2.62. The number of hydrogen-bond acceptors (Lipinski definition) is 4. The van der Waals surface area contributed by atoms with Crippen LogP contribution in [0, 0.1) is 11.3 Å². The summed E-state index contributed by atoms with van der Waals surface area (Å²) in [5.74, 6) is -0.964. The van der Waals surface area contributed by atoms with Gasteiger partial charge in [-0.1, -0.05) is 0 Å². The number of likely N-dealkylation sites (tertiary alicyclic amines) is 1. The van der Waals surface area contributed by atoms with Gasteiger partial charge in [-0.15, -0.1) is 0 Å². The lowest BCUT2D eigenvalue weighted by atomic mass is 9.87. The first-order chi connectivity index (χ1) is 9.23. The van der Waals surface area contributed by atoms with E-state index in [1.54, 1.807) is 4.90 Å². The van der Waals surface area contributed by atoms with Crippen LogP contribution in [0.5, 0.6) is 0 Å². The van der Waals surface area contributed by atoms with Crippen LogP contribution in [0.3, 0.4) is 0 Å². The summed E-state index contributed by atoms with van der Waals surface area (Å²) in [4.78, 5) is 25.6. The molecule has 6 nitrogen and oxygen atoms in total. The van der Waals surface area contributed by atoms with E-state index in [0.29, 0.717) is 39.1 Å². The van der Waals surface area contributed by atoms with Crippen LogP contribution in [0.15, 0.2) is 0 Å². The van der Waals surface area contributed by atoms with Gasteiger partial charge in [0.05, 0.1) is 18.6 Å². The largest absolute Gasteiger partial charge is 0.369 e. The van der Waals surface area contributed by atoms with Gasteiger partial charge in [0, 0.05) is 19.0 Å². The van der Waals surface area contributed by atoms with Crippen molar-refractivity contribution in [2.45, 2.75) is 39.4 Å². The Bertz CT molecular complexity index is 390. The lowest BCUT2D eigenvalue weighted by Gasteiger charge is -2.43. The molecule has 0 bridgehead atoms. The maximum absolute atomic E-state index is 12.6. The predicted octanol–water partition coefficient (Wildman–Crippen LogP) is 0.500. The number of hydrogen-bond donors (Lipinski definition) is 1. The maximum atomic E-state index is 12.6. The Morgan fingerprint density at radius 3 is 2.05 bits per heavy atom. The fraction of sp³-hybridized carbons (Fsp3) is 0.857. The molecule has 0 saturated carbocycles. The Morgan fingerprint density at radius 2 is 1.60 bits per heavy atom. The van der Waals surface area contributed by atoms with Crippen molar-refractivity contribution >= 4 is 11.8 Å². The van der Waals surface area contributed by atoms with Gasteiger partial charge < -0.3 is 20.1 Å². The zero-order valence-corrected chi connectivity index (χ0v) is 12.5. The minimum absolute atomic E-state index is 0.0379. The molecule has 0 aromatic rings. The summed E-state index contributed by atoms with van der Waals surface area (Å²) < 4.78 is 11.2. The first-order valence-corrected chi connectivity index (χ1v) is 7.10. The molecule has 2 amide bonds. The van der Waals surface area contributed by atoms with Crippen molar-refractivity contribution in [2.24, 2.45) is 17.1 Å². The van der Waals surface area contributed by atoms with Crippen LogP contribution in [0.2, 0.25) is 0 Å². The average molecular weight is 284 g/mol. The van der Waals surface area contributed by atoms with Crippen molar-refractivity contribution in [1.82, 2.24) is 4.90 Å². The number of ether oxygens (including phenoxy) is 2. The zero-order valence-electron chi connectivity index (χ0n) is 12.5. The topological polar surface area (TPSA) is 81.9 Å². The molecule has 2 aliphatic rings. The van der Waals surface area contributed by atoms with Crippen molar-refractivity contribution in [1.29, 1.82) is 0 Å². The van der Waals surface area contributed by atoms with E-state index >= 15 is 0 Å². The first kappa shape index (κ1) is 15.3. The highest BCUT2D eigenvalue weighted by atomic mass is 16.7. The molecule has 114 valence electrons. The molecule has 0 radical (unpaired) electrons. The minimum Gasteiger partial charge on any atom is -0.369 e. The van der Waals surface area contributed by atoms with E-state index < -0.39 is 11.2 Å². The van der Waals surface area contributed by atoms with Gasteiger partial charge in [-0.2, -0.15) is 0 Å². The Balaban J connectivity index is 1.94. The third kappa shape index (κ3) is 3.12. The van der Waals surface area contributed by atoms with E-state index in [2.05, 4.69) is 0 Å². The fourth-order valence-electron chi connectivity index (χ4n) is 2.62. The van der Waals surface area contributed by atoms with Gasteiger partial charge in [-0.05, 0) is 33.6 Å². The molecule has 0 aromatic heterocycles. The standard InChI is InChI=1S/C14H24N2O4/c1-13(2)19-8-14(3,9-20-13)12(18)16-6-4-10(5-7-16)11(15)17/h10H,4-9H2,1-3H3,(H2,15,17). The van der Waals surface area contributed by atoms with E-state index in [1.807, 2.05) is 20.8 Å². The van der Waals surface area contributed by atoms with Crippen LogP contribution < -0.4 is 5.73 Å². The SMILES string of the molecule is CC1(C)OCC(C)(C(=O)N2CCC(C(N)=O)CC2)CO1. The van der Waals surface area contributed by atoms with Crippen LogP contribution in [0.4, 0.5) is 0 Å². The molecule has 0 aromatic carbocycles. The van der Waals surface area contributed by atoms with E-state index in [9.17, 15) is 9.59 Å². The summed E-state index contributed by atoms with van der Waals surface area (Å²) in [6.07, 6.45) is 1.29. The third-order valence-corrected chi connectivity index (χ3v) is 4.18. The molecule has 2 fully saturated rings. The van der Waals surface area contributed by atoms with Crippen molar-refractivity contribution < 1.29 is 19.1 Å². The highest BCUT2D eigenvalue weighted by Crippen LogP contribution is 2.32. The average Bonchev–Trinajstić information content (AvgIpc) is 2.42. The second-order valence-electron chi connectivity index (χ2n) is 6.51. The van der Waals surface area contributed by atoms with Crippen LogP contribution in [-0.4, -0.2) is 48.8 Å². The number of carbonyl (C=O) groups excluding carboxylic acids is 2. The van der Waals surface area contributed by atoms with Gasteiger partial charge in [0.1, 0.15) is 0 Å². The second kappa shape index (κ2) is 5.33. The van der Waals surface area contributed by atoms with Crippen LogP contribution >= 0.6 is 0 Å². The molecule has 0 spiro atoms. The number of nitrogens with zero attached hydrogens (tertiary/aromatic N) is 1. The molecular formula is C14H24N2O4. The maximum Gasteiger partial charge on any atom is 0.233 e. The van der Waals surface area contributed by atoms with Gasteiger partial charge in [0.2, 0.25) is 11.8 Å². The smallest absolute Gasteiger partial charge is 0.233 e. The summed E-state index contributed by atoms with van der Waals surface area (Å²) in [5.41, 5.74) is 4.66. The normalized spacial score (nSPS) is 26.2. The van der Waals surface area contributed by atoms with Gasteiger partial charge in [0.25, 0.3) is 0 Å². The van der Waals surface area contributed by atoms with Crippen LogP contribution in [-0.2, 0) is 19.1 Å². The predicted molar refractivity (Wildman–Crippen MR) is 72.6 cm³/mol. The van der Waals surface area contributed by atoms with Gasteiger partial charge in [-0.25, -0.2) is 0 Å². The lowest BCUT2D eigenvalue weighted by Crippen LogP contribution is -2.55. The Hall–Kier alpha value is -1.14. The van der Waals surface area contributed by atoms with E-state index in [-0.39, 0.29) is 17.7 Å². The molecule has 2 rings (SSSR count). The van der Waals surface area contributed by atoms with Crippen LogP contribution in [0.1, 0.15) is 33.6 Å². The summed E-state index contributed by atoms with van der Waals surface area (Å²) >= 11 is 0. The number of carbonyl (C=O) groups is 2. The second-order valence-corrected chi connectivity index (χ2v) is 6.51. The summed E-state index contributed by atoms with van der Waals surface area (Å²) in [7, 11) is 0. The molecule has 2 N–H and O–H groups in total. The molecular weight excluding hydrogens is 260 g/mol. The number of amides is 2. The minimum atomic E-state index is -0.644. The summed E-state index contributed by atoms with van der Waals surface area (Å²) in [6.45, 7) is 7.41. The molecule has 20 heavy (non-hydrogen) atoms. The molecule has 0 unspecified atom stereocenters. The van der Waals surface area contributed by atoms with E-state index in [1.165, 1.54) is 0 Å². The van der Waals surface area contributed by atoms with Gasteiger partial charge in [0.15, 0.2) is 5.79 Å². The number of piperidine rings is 1. The molecule has 6 heteroatoms. The Labute approximate surface area is 119 Å². The zero-order chi connectivity index (χ0) is 15.0.